The van der Waals surface area contributed by atoms with Crippen molar-refractivity contribution in [3.8, 4) is 5.75 Å². The van der Waals surface area contributed by atoms with E-state index in [2.05, 4.69) is 20.0 Å². The summed E-state index contributed by atoms with van der Waals surface area (Å²) in [6.45, 7) is 0.537. The number of aliphatic hydroxyl groups excluding tert-OH is 1. The lowest BCUT2D eigenvalue weighted by molar-refractivity contribution is -0.274. The second-order valence-electron chi connectivity index (χ2n) is 7.13. The van der Waals surface area contributed by atoms with E-state index in [1.807, 2.05) is 0 Å². The third kappa shape index (κ3) is 4.69. The molecule has 2 heterocycles. The van der Waals surface area contributed by atoms with E-state index >= 15 is 0 Å². The van der Waals surface area contributed by atoms with E-state index in [1.165, 1.54) is 30.6 Å². The van der Waals surface area contributed by atoms with Crippen molar-refractivity contribution in [1.82, 2.24) is 14.9 Å². The highest BCUT2D eigenvalue weighted by Crippen LogP contribution is 2.28. The molecule has 10 heteroatoms. The molecule has 2 aromatic carbocycles. The number of rotatable bonds is 5. The summed E-state index contributed by atoms with van der Waals surface area (Å²) in [5.41, 5.74) is 1.52. The van der Waals surface area contributed by atoms with Gasteiger partial charge in [-0.3, -0.25) is 4.79 Å². The Morgan fingerprint density at radius 1 is 1.19 bits per heavy atom. The Bertz CT molecular complexity index is 1090. The van der Waals surface area contributed by atoms with Crippen LogP contribution in [0.2, 0.25) is 0 Å². The maximum atomic E-state index is 12.8. The first-order valence-electron chi connectivity index (χ1n) is 9.63. The van der Waals surface area contributed by atoms with Crippen LogP contribution in [-0.4, -0.2) is 51.4 Å². The summed E-state index contributed by atoms with van der Waals surface area (Å²) in [5.74, 6) is -0.0356. The fourth-order valence-corrected chi connectivity index (χ4v) is 3.63. The van der Waals surface area contributed by atoms with Crippen molar-refractivity contribution in [3.63, 3.8) is 0 Å². The monoisotopic (exact) mass is 432 g/mol. The SMILES string of the molecule is O=C(c1ccc2c(Nc3ccc(OC(F)(F)F)cc3)ncnc2c1)N1CCCC1CO. The largest absolute Gasteiger partial charge is 0.573 e. The smallest absolute Gasteiger partial charge is 0.406 e. The number of aromatic nitrogens is 2. The van der Waals surface area contributed by atoms with Gasteiger partial charge in [-0.15, -0.1) is 13.2 Å². The Labute approximate surface area is 175 Å². The molecule has 1 aliphatic rings. The first kappa shape index (κ1) is 20.9. The number of likely N-dealkylation sites (tertiary alicyclic amines) is 1. The highest BCUT2D eigenvalue weighted by molar-refractivity contribution is 6.00. The number of benzene rings is 2. The summed E-state index contributed by atoms with van der Waals surface area (Å²) in [4.78, 5) is 22.9. The quantitative estimate of drug-likeness (QED) is 0.637. The maximum absolute atomic E-state index is 12.8. The lowest BCUT2D eigenvalue weighted by atomic mass is 10.1. The van der Waals surface area contributed by atoms with Gasteiger partial charge in [0.05, 0.1) is 18.2 Å². The van der Waals surface area contributed by atoms with Gasteiger partial charge in [0, 0.05) is 23.2 Å². The molecular weight excluding hydrogens is 413 g/mol. The predicted molar refractivity (Wildman–Crippen MR) is 107 cm³/mol. The molecule has 0 radical (unpaired) electrons. The first-order chi connectivity index (χ1) is 14.8. The van der Waals surface area contributed by atoms with Gasteiger partial charge in [0.15, 0.2) is 0 Å². The molecule has 1 amide bonds. The van der Waals surface area contributed by atoms with Crippen molar-refractivity contribution in [2.24, 2.45) is 0 Å². The van der Waals surface area contributed by atoms with E-state index in [4.69, 9.17) is 0 Å². The summed E-state index contributed by atoms with van der Waals surface area (Å²) in [5, 5.41) is 13.2. The van der Waals surface area contributed by atoms with Crippen LogP contribution in [0.4, 0.5) is 24.7 Å². The number of aliphatic hydroxyl groups is 1. The molecule has 0 saturated carbocycles. The van der Waals surface area contributed by atoms with E-state index in [0.717, 1.165) is 12.8 Å². The number of anilines is 2. The number of nitrogens with one attached hydrogen (secondary N) is 1. The highest BCUT2D eigenvalue weighted by atomic mass is 19.4. The van der Waals surface area contributed by atoms with Gasteiger partial charge in [0.2, 0.25) is 0 Å². The maximum Gasteiger partial charge on any atom is 0.573 e. The fourth-order valence-electron chi connectivity index (χ4n) is 3.63. The number of amides is 1. The van der Waals surface area contributed by atoms with Crippen molar-refractivity contribution >= 4 is 28.3 Å². The average molecular weight is 432 g/mol. The molecule has 1 fully saturated rings. The third-order valence-electron chi connectivity index (χ3n) is 5.08. The first-order valence-corrected chi connectivity index (χ1v) is 9.63. The van der Waals surface area contributed by atoms with Crippen LogP contribution >= 0.6 is 0 Å². The van der Waals surface area contributed by atoms with E-state index in [-0.39, 0.29) is 24.3 Å². The Hall–Kier alpha value is -3.40. The highest BCUT2D eigenvalue weighted by Gasteiger charge is 2.31. The minimum Gasteiger partial charge on any atom is -0.406 e. The number of alkyl halides is 3. The number of fused-ring (bicyclic) bond motifs is 1. The van der Waals surface area contributed by atoms with Crippen LogP contribution in [0.1, 0.15) is 23.2 Å². The number of carbonyl (C=O) groups excluding carboxylic acids is 1. The molecule has 4 rings (SSSR count). The van der Waals surface area contributed by atoms with Gasteiger partial charge in [0.1, 0.15) is 17.9 Å². The number of hydrogen-bond acceptors (Lipinski definition) is 6. The number of nitrogens with zero attached hydrogens (tertiary/aromatic N) is 3. The second-order valence-corrected chi connectivity index (χ2v) is 7.13. The normalized spacial score (nSPS) is 16.5. The van der Waals surface area contributed by atoms with Crippen LogP contribution < -0.4 is 10.1 Å². The van der Waals surface area contributed by atoms with Gasteiger partial charge < -0.3 is 20.1 Å². The van der Waals surface area contributed by atoms with Crippen LogP contribution in [0.25, 0.3) is 10.9 Å². The van der Waals surface area contributed by atoms with E-state index in [1.54, 1.807) is 23.1 Å². The molecule has 2 N–H and O–H groups in total. The van der Waals surface area contributed by atoms with Crippen LogP contribution in [0.15, 0.2) is 48.8 Å². The molecule has 162 valence electrons. The molecule has 3 aromatic rings. The summed E-state index contributed by atoms with van der Waals surface area (Å²) in [7, 11) is 0. The third-order valence-corrected chi connectivity index (χ3v) is 5.08. The van der Waals surface area contributed by atoms with Gasteiger partial charge in [-0.2, -0.15) is 0 Å². The zero-order chi connectivity index (χ0) is 22.0. The molecule has 0 aliphatic carbocycles. The Morgan fingerprint density at radius 2 is 1.97 bits per heavy atom. The molecular formula is C21H19F3N4O3. The van der Waals surface area contributed by atoms with Crippen LogP contribution in [-0.2, 0) is 0 Å². The lowest BCUT2D eigenvalue weighted by Crippen LogP contribution is -2.37. The topological polar surface area (TPSA) is 87.6 Å². The number of halogens is 3. The van der Waals surface area contributed by atoms with Crippen molar-refractivity contribution in [2.75, 3.05) is 18.5 Å². The summed E-state index contributed by atoms with van der Waals surface area (Å²) >= 11 is 0. The van der Waals surface area contributed by atoms with Crippen LogP contribution in [0, 0.1) is 0 Å². The molecule has 1 saturated heterocycles. The van der Waals surface area contributed by atoms with E-state index in [0.29, 0.717) is 34.5 Å². The molecule has 1 aromatic heterocycles. The molecule has 31 heavy (non-hydrogen) atoms. The molecule has 1 aliphatic heterocycles. The van der Waals surface area contributed by atoms with Crippen molar-refractivity contribution in [1.29, 1.82) is 0 Å². The minimum absolute atomic E-state index is 0.0671. The van der Waals surface area contributed by atoms with Crippen LogP contribution in [0.5, 0.6) is 5.75 Å². The van der Waals surface area contributed by atoms with Crippen molar-refractivity contribution < 1.29 is 27.8 Å². The van der Waals surface area contributed by atoms with Crippen molar-refractivity contribution in [3.05, 3.63) is 54.4 Å². The van der Waals surface area contributed by atoms with Gasteiger partial charge in [-0.1, -0.05) is 0 Å². The summed E-state index contributed by atoms with van der Waals surface area (Å²) in [6, 6.07) is 10.2. The van der Waals surface area contributed by atoms with Gasteiger partial charge in [0.25, 0.3) is 5.91 Å². The zero-order valence-electron chi connectivity index (χ0n) is 16.3. The van der Waals surface area contributed by atoms with Crippen LogP contribution in [0.3, 0.4) is 0 Å². The van der Waals surface area contributed by atoms with Crippen molar-refractivity contribution in [2.45, 2.75) is 25.2 Å². The predicted octanol–water partition coefficient (Wildman–Crippen LogP) is 3.87. The van der Waals surface area contributed by atoms with Gasteiger partial charge >= 0.3 is 6.36 Å². The summed E-state index contributed by atoms with van der Waals surface area (Å²) in [6.07, 6.45) is -1.78. The van der Waals surface area contributed by atoms with E-state index < -0.39 is 6.36 Å². The van der Waals surface area contributed by atoms with E-state index in [9.17, 15) is 23.1 Å². The lowest BCUT2D eigenvalue weighted by Gasteiger charge is -2.23. The Kier molecular flexibility index (Phi) is 5.64. The standard InChI is InChI=1S/C21H19F3N4O3/c22-21(23,24)31-16-6-4-14(5-7-16)27-19-17-8-3-13(10-18(17)25-12-26-19)20(30)28-9-1-2-15(28)11-29/h3-8,10,12,15,29H,1-2,9,11H2,(H,25,26,27). The Balaban J connectivity index is 1.55. The molecule has 7 nitrogen and oxygen atoms in total. The fraction of sp³-hybridized carbons (Fsp3) is 0.286. The Morgan fingerprint density at radius 3 is 2.68 bits per heavy atom. The molecule has 1 unspecified atom stereocenters. The number of carbonyl (C=O) groups is 1. The second kappa shape index (κ2) is 8.38. The van der Waals surface area contributed by atoms with Gasteiger partial charge in [-0.25, -0.2) is 9.97 Å². The summed E-state index contributed by atoms with van der Waals surface area (Å²) < 4.78 is 40.8. The molecule has 0 bridgehead atoms. The number of hydrogen-bond donors (Lipinski definition) is 2. The molecule has 1 atom stereocenters. The molecule has 0 spiro atoms. The number of ether oxygens (including phenoxy) is 1. The minimum atomic E-state index is -4.75. The zero-order valence-corrected chi connectivity index (χ0v) is 16.3. The average Bonchev–Trinajstić information content (AvgIpc) is 3.22. The van der Waals surface area contributed by atoms with Gasteiger partial charge in [-0.05, 0) is 55.3 Å².